The normalized spacial score (nSPS) is 16.6. The molecular formula is C19H21N3O3S. The Balaban J connectivity index is 1.51. The summed E-state index contributed by atoms with van der Waals surface area (Å²) in [5.41, 5.74) is 1.75. The standard InChI is InChI=1S/C19H21N3O3S/c1-14(23)21-16-6-2-7-17(11-16)25-10-4-9-22-18(24)13-26-19(22)15-5-3-8-20-12-15/h2-3,5-8,11-12,19H,4,9-10,13H2,1H3,(H,21,23). The molecule has 2 aromatic rings. The van der Waals surface area contributed by atoms with Crippen LogP contribution in [0.25, 0.3) is 0 Å². The maximum absolute atomic E-state index is 12.2. The second-order valence-electron chi connectivity index (χ2n) is 5.95. The van der Waals surface area contributed by atoms with Crippen LogP contribution in [0.15, 0.2) is 48.8 Å². The Morgan fingerprint density at radius 1 is 1.38 bits per heavy atom. The number of aromatic nitrogens is 1. The van der Waals surface area contributed by atoms with E-state index in [-0.39, 0.29) is 17.2 Å². The largest absolute Gasteiger partial charge is 0.493 e. The quantitative estimate of drug-likeness (QED) is 0.758. The van der Waals surface area contributed by atoms with Gasteiger partial charge < -0.3 is 15.0 Å². The van der Waals surface area contributed by atoms with E-state index in [0.717, 1.165) is 12.0 Å². The first-order chi connectivity index (χ1) is 12.6. The van der Waals surface area contributed by atoms with Crippen LogP contribution < -0.4 is 10.1 Å². The molecule has 1 aliphatic heterocycles. The van der Waals surface area contributed by atoms with Crippen LogP contribution in [-0.2, 0) is 9.59 Å². The number of thioether (sulfide) groups is 1. The molecule has 26 heavy (non-hydrogen) atoms. The highest BCUT2D eigenvalue weighted by Gasteiger charge is 2.32. The predicted molar refractivity (Wildman–Crippen MR) is 102 cm³/mol. The van der Waals surface area contributed by atoms with Gasteiger partial charge in [0.1, 0.15) is 11.1 Å². The van der Waals surface area contributed by atoms with Crippen molar-refractivity contribution in [3.63, 3.8) is 0 Å². The summed E-state index contributed by atoms with van der Waals surface area (Å²) in [5, 5.41) is 2.76. The van der Waals surface area contributed by atoms with E-state index in [2.05, 4.69) is 10.3 Å². The van der Waals surface area contributed by atoms with E-state index >= 15 is 0 Å². The summed E-state index contributed by atoms with van der Waals surface area (Å²) >= 11 is 1.63. The molecule has 1 N–H and O–H groups in total. The summed E-state index contributed by atoms with van der Waals surface area (Å²) in [6, 6.07) is 11.2. The van der Waals surface area contributed by atoms with Crippen LogP contribution in [0.1, 0.15) is 24.3 Å². The third kappa shape index (κ3) is 4.76. The molecule has 0 spiro atoms. The number of amides is 2. The second kappa shape index (κ2) is 8.71. The summed E-state index contributed by atoms with van der Waals surface area (Å²) in [4.78, 5) is 29.3. The molecule has 1 aromatic heterocycles. The molecule has 0 aliphatic carbocycles. The SMILES string of the molecule is CC(=O)Nc1cccc(OCCCN2C(=O)CSC2c2cccnc2)c1. The van der Waals surface area contributed by atoms with Gasteiger partial charge in [0, 0.05) is 43.2 Å². The van der Waals surface area contributed by atoms with Crippen molar-refractivity contribution in [1.82, 2.24) is 9.88 Å². The molecule has 3 rings (SSSR count). The zero-order chi connectivity index (χ0) is 18.4. The van der Waals surface area contributed by atoms with E-state index < -0.39 is 0 Å². The summed E-state index contributed by atoms with van der Waals surface area (Å²) in [5.74, 6) is 1.23. The Bertz CT molecular complexity index is 770. The lowest BCUT2D eigenvalue weighted by Crippen LogP contribution is -2.30. The number of carbonyl (C=O) groups is 2. The molecule has 2 amide bonds. The molecule has 0 bridgehead atoms. The van der Waals surface area contributed by atoms with Crippen LogP contribution in [0, 0.1) is 0 Å². The highest BCUT2D eigenvalue weighted by Crippen LogP contribution is 2.38. The topological polar surface area (TPSA) is 71.5 Å². The van der Waals surface area contributed by atoms with Gasteiger partial charge in [0.15, 0.2) is 0 Å². The average molecular weight is 371 g/mol. The van der Waals surface area contributed by atoms with Crippen molar-refractivity contribution in [2.75, 3.05) is 24.2 Å². The summed E-state index contributed by atoms with van der Waals surface area (Å²) in [7, 11) is 0. The highest BCUT2D eigenvalue weighted by molar-refractivity contribution is 8.00. The first-order valence-electron chi connectivity index (χ1n) is 8.45. The monoisotopic (exact) mass is 371 g/mol. The molecule has 136 valence electrons. The number of benzene rings is 1. The Hall–Kier alpha value is -2.54. The highest BCUT2D eigenvalue weighted by atomic mass is 32.2. The van der Waals surface area contributed by atoms with E-state index in [9.17, 15) is 9.59 Å². The van der Waals surface area contributed by atoms with Crippen LogP contribution in [0.5, 0.6) is 5.75 Å². The molecule has 1 aromatic carbocycles. The van der Waals surface area contributed by atoms with Gasteiger partial charge in [-0.2, -0.15) is 0 Å². The van der Waals surface area contributed by atoms with Crippen molar-refractivity contribution < 1.29 is 14.3 Å². The lowest BCUT2D eigenvalue weighted by molar-refractivity contribution is -0.128. The molecule has 6 nitrogen and oxygen atoms in total. The zero-order valence-corrected chi connectivity index (χ0v) is 15.4. The molecule has 2 heterocycles. The van der Waals surface area contributed by atoms with E-state index in [1.54, 1.807) is 24.0 Å². The van der Waals surface area contributed by atoms with Gasteiger partial charge in [0.2, 0.25) is 11.8 Å². The Morgan fingerprint density at radius 3 is 3.04 bits per heavy atom. The summed E-state index contributed by atoms with van der Waals surface area (Å²) < 4.78 is 5.76. The van der Waals surface area contributed by atoms with Crippen LogP contribution in [-0.4, -0.2) is 40.6 Å². The Labute approximate surface area is 156 Å². The van der Waals surface area contributed by atoms with Crippen LogP contribution in [0.2, 0.25) is 0 Å². The summed E-state index contributed by atoms with van der Waals surface area (Å²) in [6.07, 6.45) is 4.28. The lowest BCUT2D eigenvalue weighted by atomic mass is 10.2. The maximum atomic E-state index is 12.2. The number of hydrogen-bond acceptors (Lipinski definition) is 5. The third-order valence-electron chi connectivity index (χ3n) is 3.90. The fraction of sp³-hybridized carbons (Fsp3) is 0.316. The maximum Gasteiger partial charge on any atom is 0.233 e. The number of ether oxygens (including phenoxy) is 1. The smallest absolute Gasteiger partial charge is 0.233 e. The Morgan fingerprint density at radius 2 is 2.27 bits per heavy atom. The molecule has 1 saturated heterocycles. The van der Waals surface area contributed by atoms with Gasteiger partial charge in [0.05, 0.1) is 12.4 Å². The number of nitrogens with one attached hydrogen (secondary N) is 1. The molecule has 7 heteroatoms. The van der Waals surface area contributed by atoms with Crippen LogP contribution >= 0.6 is 11.8 Å². The van der Waals surface area contributed by atoms with Gasteiger partial charge in [0.25, 0.3) is 0 Å². The van der Waals surface area contributed by atoms with E-state index in [4.69, 9.17) is 4.74 Å². The summed E-state index contributed by atoms with van der Waals surface area (Å²) in [6.45, 7) is 2.60. The number of hydrogen-bond donors (Lipinski definition) is 1. The van der Waals surface area contributed by atoms with Crippen molar-refractivity contribution >= 4 is 29.3 Å². The van der Waals surface area contributed by atoms with Crippen molar-refractivity contribution in [1.29, 1.82) is 0 Å². The van der Waals surface area contributed by atoms with Crippen LogP contribution in [0.3, 0.4) is 0 Å². The van der Waals surface area contributed by atoms with Gasteiger partial charge in [-0.3, -0.25) is 14.6 Å². The predicted octanol–water partition coefficient (Wildman–Crippen LogP) is 3.08. The molecule has 1 fully saturated rings. The molecule has 1 unspecified atom stereocenters. The number of nitrogens with zero attached hydrogens (tertiary/aromatic N) is 2. The minimum atomic E-state index is -0.117. The van der Waals surface area contributed by atoms with Gasteiger partial charge in [-0.05, 0) is 24.6 Å². The van der Waals surface area contributed by atoms with Crippen molar-refractivity contribution in [2.24, 2.45) is 0 Å². The van der Waals surface area contributed by atoms with Gasteiger partial charge in [-0.25, -0.2) is 0 Å². The van der Waals surface area contributed by atoms with E-state index in [1.807, 2.05) is 41.4 Å². The fourth-order valence-electron chi connectivity index (χ4n) is 2.79. The molecule has 1 atom stereocenters. The van der Waals surface area contributed by atoms with Crippen molar-refractivity contribution in [2.45, 2.75) is 18.7 Å². The van der Waals surface area contributed by atoms with Gasteiger partial charge in [-0.15, -0.1) is 11.8 Å². The van der Waals surface area contributed by atoms with Crippen molar-refractivity contribution in [3.05, 3.63) is 54.4 Å². The number of carbonyl (C=O) groups excluding carboxylic acids is 2. The third-order valence-corrected chi connectivity index (χ3v) is 5.16. The van der Waals surface area contributed by atoms with E-state index in [0.29, 0.717) is 30.3 Å². The van der Waals surface area contributed by atoms with E-state index in [1.165, 1.54) is 6.92 Å². The zero-order valence-electron chi connectivity index (χ0n) is 14.6. The molecule has 0 radical (unpaired) electrons. The fourth-order valence-corrected chi connectivity index (χ4v) is 3.99. The average Bonchev–Trinajstić information content (AvgIpc) is 3.00. The van der Waals surface area contributed by atoms with Crippen molar-refractivity contribution in [3.8, 4) is 5.75 Å². The molecular weight excluding hydrogens is 350 g/mol. The first kappa shape index (κ1) is 18.3. The minimum absolute atomic E-state index is 0.0271. The minimum Gasteiger partial charge on any atom is -0.493 e. The van der Waals surface area contributed by atoms with Gasteiger partial charge in [-0.1, -0.05) is 12.1 Å². The number of rotatable bonds is 7. The van der Waals surface area contributed by atoms with Gasteiger partial charge >= 0.3 is 0 Å². The number of anilines is 1. The Kier molecular flexibility index (Phi) is 6.12. The van der Waals surface area contributed by atoms with Crippen LogP contribution in [0.4, 0.5) is 5.69 Å². The second-order valence-corrected chi connectivity index (χ2v) is 7.02. The molecule has 1 aliphatic rings. The molecule has 0 saturated carbocycles. The lowest BCUT2D eigenvalue weighted by Gasteiger charge is -2.24. The first-order valence-corrected chi connectivity index (χ1v) is 9.50. The number of pyridine rings is 1.